The largest absolute Gasteiger partial charge is 0.393 e. The van der Waals surface area contributed by atoms with E-state index < -0.39 is 9.84 Å². The normalized spacial score (nSPS) is 41.8. The molecule has 33 heavy (non-hydrogen) atoms. The highest BCUT2D eigenvalue weighted by atomic mass is 32.2. The molecule has 0 saturated heterocycles. The zero-order valence-electron chi connectivity index (χ0n) is 20.7. The Bertz CT molecular complexity index is 999. The van der Waals surface area contributed by atoms with Gasteiger partial charge in [-0.2, -0.15) is 0 Å². The third-order valence-corrected chi connectivity index (χ3v) is 12.6. The third kappa shape index (κ3) is 3.93. The fourth-order valence-electron chi connectivity index (χ4n) is 9.00. The summed E-state index contributed by atoms with van der Waals surface area (Å²) in [6, 6.07) is 9.02. The van der Waals surface area contributed by atoms with Gasteiger partial charge in [0, 0.05) is 0 Å². The molecule has 0 spiro atoms. The van der Waals surface area contributed by atoms with Crippen molar-refractivity contribution in [3.05, 3.63) is 42.0 Å². The van der Waals surface area contributed by atoms with E-state index >= 15 is 0 Å². The van der Waals surface area contributed by atoms with Gasteiger partial charge >= 0.3 is 0 Å². The second-order valence-electron chi connectivity index (χ2n) is 12.3. The van der Waals surface area contributed by atoms with Gasteiger partial charge in [0.1, 0.15) is 0 Å². The zero-order valence-corrected chi connectivity index (χ0v) is 21.5. The summed E-state index contributed by atoms with van der Waals surface area (Å²) in [6.07, 6.45) is 12.6. The molecule has 4 heteroatoms. The molecule has 4 aliphatic carbocycles. The van der Waals surface area contributed by atoms with Crippen LogP contribution in [0.15, 0.2) is 46.9 Å². The van der Waals surface area contributed by atoms with Gasteiger partial charge in [0.2, 0.25) is 0 Å². The van der Waals surface area contributed by atoms with Crippen LogP contribution in [0.1, 0.15) is 78.6 Å². The standard InChI is InChI=1S/C29H42O3S/c1-20(19-33(31,32)23-8-5-4-6-9-23)25-10-7-11-26-24-13-12-21-18-22(30)14-16-28(21,2)27(24)15-17-29(25,26)3/h4-6,8-9,12,20,22,24-27,30H,7,10-11,13-19H2,1-3H3/t20-,22+,24+,25-,26+,27+,28+,29-/m1/s1. The van der Waals surface area contributed by atoms with Crippen molar-refractivity contribution in [3.8, 4) is 0 Å². The van der Waals surface area contributed by atoms with Crippen molar-refractivity contribution in [3.63, 3.8) is 0 Å². The Balaban J connectivity index is 1.39. The van der Waals surface area contributed by atoms with Crippen LogP contribution in [0.3, 0.4) is 0 Å². The fraction of sp³-hybridized carbons (Fsp3) is 0.724. The summed E-state index contributed by atoms with van der Waals surface area (Å²) >= 11 is 0. The summed E-state index contributed by atoms with van der Waals surface area (Å²) in [5, 5.41) is 10.3. The molecule has 1 aromatic rings. The molecule has 1 aromatic carbocycles. The molecule has 3 saturated carbocycles. The van der Waals surface area contributed by atoms with Crippen LogP contribution in [0.25, 0.3) is 0 Å². The van der Waals surface area contributed by atoms with Crippen molar-refractivity contribution in [2.45, 2.75) is 89.6 Å². The second-order valence-corrected chi connectivity index (χ2v) is 14.3. The monoisotopic (exact) mass is 470 g/mol. The molecule has 3 fully saturated rings. The van der Waals surface area contributed by atoms with Gasteiger partial charge in [0.05, 0.1) is 16.8 Å². The lowest BCUT2D eigenvalue weighted by atomic mass is 9.43. The Kier molecular flexibility index (Phi) is 6.09. The van der Waals surface area contributed by atoms with Crippen LogP contribution < -0.4 is 0 Å². The minimum Gasteiger partial charge on any atom is -0.393 e. The van der Waals surface area contributed by atoms with Gasteiger partial charge in [0.25, 0.3) is 0 Å². The quantitative estimate of drug-likeness (QED) is 0.516. The van der Waals surface area contributed by atoms with Crippen LogP contribution in [0.5, 0.6) is 0 Å². The van der Waals surface area contributed by atoms with Crippen LogP contribution >= 0.6 is 0 Å². The summed E-state index contributed by atoms with van der Waals surface area (Å²) < 4.78 is 26.4. The first-order valence-corrected chi connectivity index (χ1v) is 15.0. The van der Waals surface area contributed by atoms with Gasteiger partial charge in [-0.25, -0.2) is 8.42 Å². The van der Waals surface area contributed by atoms with Gasteiger partial charge in [-0.1, -0.05) is 57.0 Å². The van der Waals surface area contributed by atoms with Crippen LogP contribution in [-0.2, 0) is 9.84 Å². The smallest absolute Gasteiger partial charge is 0.178 e. The van der Waals surface area contributed by atoms with Crippen molar-refractivity contribution >= 4 is 9.84 Å². The molecule has 0 bridgehead atoms. The molecule has 8 atom stereocenters. The molecular weight excluding hydrogens is 428 g/mol. The number of aliphatic hydroxyl groups excluding tert-OH is 1. The van der Waals surface area contributed by atoms with Gasteiger partial charge in [-0.05, 0) is 104 Å². The van der Waals surface area contributed by atoms with Gasteiger partial charge in [0.15, 0.2) is 9.84 Å². The van der Waals surface area contributed by atoms with Crippen LogP contribution in [0, 0.1) is 40.4 Å². The number of sulfone groups is 1. The van der Waals surface area contributed by atoms with Gasteiger partial charge in [-0.3, -0.25) is 0 Å². The highest BCUT2D eigenvalue weighted by molar-refractivity contribution is 7.91. The van der Waals surface area contributed by atoms with Gasteiger partial charge < -0.3 is 5.11 Å². The number of benzene rings is 1. The number of aliphatic hydroxyl groups is 1. The lowest BCUT2D eigenvalue weighted by molar-refractivity contribution is -0.107. The Morgan fingerprint density at radius 2 is 1.79 bits per heavy atom. The summed E-state index contributed by atoms with van der Waals surface area (Å²) in [5.41, 5.74) is 2.03. The third-order valence-electron chi connectivity index (χ3n) is 10.7. The molecule has 0 aliphatic heterocycles. The minimum atomic E-state index is -3.26. The average Bonchev–Trinajstić information content (AvgIpc) is 2.79. The lowest BCUT2D eigenvalue weighted by Gasteiger charge is -2.62. The predicted molar refractivity (Wildman–Crippen MR) is 133 cm³/mol. The van der Waals surface area contributed by atoms with Crippen LogP contribution in [0.2, 0.25) is 0 Å². The molecular formula is C29H42O3S. The van der Waals surface area contributed by atoms with E-state index in [9.17, 15) is 13.5 Å². The number of hydrogen-bond donors (Lipinski definition) is 1. The number of fused-ring (bicyclic) bond motifs is 5. The molecule has 0 unspecified atom stereocenters. The first-order valence-electron chi connectivity index (χ1n) is 13.3. The van der Waals surface area contributed by atoms with E-state index in [-0.39, 0.29) is 28.6 Å². The molecule has 0 radical (unpaired) electrons. The van der Waals surface area contributed by atoms with Crippen LogP contribution in [0.4, 0.5) is 0 Å². The molecule has 1 N–H and O–H groups in total. The fourth-order valence-corrected chi connectivity index (χ4v) is 10.7. The Labute approximate surface area is 201 Å². The van der Waals surface area contributed by atoms with Crippen LogP contribution in [-0.4, -0.2) is 25.4 Å². The number of hydrogen-bond acceptors (Lipinski definition) is 3. The lowest BCUT2D eigenvalue weighted by Crippen LogP contribution is -2.55. The second kappa shape index (κ2) is 8.52. The maximum atomic E-state index is 13.2. The van der Waals surface area contributed by atoms with Crippen molar-refractivity contribution in [2.75, 3.05) is 5.75 Å². The molecule has 0 amide bonds. The summed E-state index contributed by atoms with van der Waals surface area (Å²) in [7, 11) is -3.26. The van der Waals surface area contributed by atoms with E-state index in [4.69, 9.17) is 0 Å². The molecule has 0 heterocycles. The Hall–Kier alpha value is -1.13. The minimum absolute atomic E-state index is 0.152. The number of allylic oxidation sites excluding steroid dienone is 1. The SMILES string of the molecule is C[C@H](CS(=O)(=O)c1ccccc1)[C@H]1CCC[C@H]2[C@@H]3CC=C4C[C@@H](O)CC[C@]4(C)[C@H]3CC[C@]12C. The van der Waals surface area contributed by atoms with Crippen molar-refractivity contribution in [1.82, 2.24) is 0 Å². The molecule has 182 valence electrons. The summed E-state index contributed by atoms with van der Waals surface area (Å²) in [5.74, 6) is 3.05. The summed E-state index contributed by atoms with van der Waals surface area (Å²) in [4.78, 5) is 0.468. The van der Waals surface area contributed by atoms with E-state index in [0.29, 0.717) is 22.6 Å². The van der Waals surface area contributed by atoms with E-state index in [1.54, 1.807) is 12.1 Å². The zero-order chi connectivity index (χ0) is 23.4. The first-order chi connectivity index (χ1) is 15.6. The van der Waals surface area contributed by atoms with Crippen molar-refractivity contribution in [2.24, 2.45) is 40.4 Å². The predicted octanol–water partition coefficient (Wildman–Crippen LogP) is 6.43. The van der Waals surface area contributed by atoms with Crippen molar-refractivity contribution in [1.29, 1.82) is 0 Å². The summed E-state index contributed by atoms with van der Waals surface area (Å²) in [6.45, 7) is 7.20. The number of rotatable bonds is 4. The molecule has 4 aliphatic rings. The highest BCUT2D eigenvalue weighted by Gasteiger charge is 2.57. The van der Waals surface area contributed by atoms with E-state index in [2.05, 4.69) is 26.8 Å². The highest BCUT2D eigenvalue weighted by Crippen LogP contribution is 2.65. The van der Waals surface area contributed by atoms with Crippen molar-refractivity contribution < 1.29 is 13.5 Å². The average molecular weight is 471 g/mol. The molecule has 5 rings (SSSR count). The maximum absolute atomic E-state index is 13.2. The van der Waals surface area contributed by atoms with E-state index in [1.165, 1.54) is 37.7 Å². The molecule has 3 nitrogen and oxygen atoms in total. The molecule has 0 aromatic heterocycles. The Morgan fingerprint density at radius 1 is 1.03 bits per heavy atom. The first kappa shape index (κ1) is 23.6. The topological polar surface area (TPSA) is 54.4 Å². The Morgan fingerprint density at radius 3 is 2.55 bits per heavy atom. The van der Waals surface area contributed by atoms with E-state index in [0.717, 1.165) is 31.6 Å². The maximum Gasteiger partial charge on any atom is 0.178 e. The van der Waals surface area contributed by atoms with E-state index in [1.807, 2.05) is 18.2 Å². The van der Waals surface area contributed by atoms with Gasteiger partial charge in [-0.15, -0.1) is 0 Å².